The summed E-state index contributed by atoms with van der Waals surface area (Å²) in [4.78, 5) is 19.0. The van der Waals surface area contributed by atoms with E-state index in [1.807, 2.05) is 25.1 Å². The molecule has 1 aliphatic heterocycles. The molecular weight excluding hydrogens is 405 g/mol. The summed E-state index contributed by atoms with van der Waals surface area (Å²) in [5.74, 6) is 1.64. The number of hydrogen-bond acceptors (Lipinski definition) is 5. The molecule has 0 spiro atoms. The summed E-state index contributed by atoms with van der Waals surface area (Å²) in [6.45, 7) is 4.81. The molecule has 1 fully saturated rings. The van der Waals surface area contributed by atoms with Crippen LogP contribution in [0, 0.1) is 12.8 Å². The highest BCUT2D eigenvalue weighted by Gasteiger charge is 2.26. The zero-order valence-corrected chi connectivity index (χ0v) is 17.5. The number of amides is 1. The monoisotopic (exact) mass is 427 g/mol. The normalized spacial score (nSPS) is 17.8. The third kappa shape index (κ3) is 5.85. The summed E-state index contributed by atoms with van der Waals surface area (Å²) in [6.07, 6.45) is 1.90. The van der Waals surface area contributed by atoms with Crippen molar-refractivity contribution in [1.82, 2.24) is 25.4 Å². The highest BCUT2D eigenvalue weighted by Crippen LogP contribution is 2.27. The fraction of sp³-hybridized carbons (Fsp3) is 0.500. The number of H-pyrrole nitrogens is 1. The van der Waals surface area contributed by atoms with E-state index in [1.54, 1.807) is 0 Å². The first-order valence-corrected chi connectivity index (χ1v) is 10.7. The number of benzene rings is 1. The number of rotatable bonds is 7. The van der Waals surface area contributed by atoms with Gasteiger partial charge in [-0.3, -0.25) is 14.8 Å². The van der Waals surface area contributed by atoms with Crippen molar-refractivity contribution in [1.29, 1.82) is 0 Å². The molecule has 3 rings (SSSR count). The second-order valence-electron chi connectivity index (χ2n) is 6.62. The van der Waals surface area contributed by atoms with Gasteiger partial charge in [0.2, 0.25) is 11.1 Å². The van der Waals surface area contributed by atoms with Crippen LogP contribution in [0.1, 0.15) is 24.2 Å². The lowest BCUT2D eigenvalue weighted by Gasteiger charge is -2.32. The Morgan fingerprint density at radius 2 is 2.19 bits per heavy atom. The van der Waals surface area contributed by atoms with E-state index in [4.69, 9.17) is 23.2 Å². The van der Waals surface area contributed by atoms with Crippen molar-refractivity contribution in [3.63, 3.8) is 0 Å². The Bertz CT molecular complexity index is 765. The van der Waals surface area contributed by atoms with Crippen LogP contribution in [-0.2, 0) is 11.3 Å². The summed E-state index contributed by atoms with van der Waals surface area (Å²) < 4.78 is 0. The summed E-state index contributed by atoms with van der Waals surface area (Å²) in [6, 6.07) is 5.55. The number of aromatic nitrogens is 3. The number of carbonyl (C=O) groups excluding carboxylic acids is 1. The lowest BCUT2D eigenvalue weighted by molar-refractivity contribution is -0.126. The number of nitrogens with one attached hydrogen (secondary N) is 2. The molecule has 1 saturated heterocycles. The van der Waals surface area contributed by atoms with Crippen LogP contribution in [-0.4, -0.2) is 51.4 Å². The van der Waals surface area contributed by atoms with Crippen molar-refractivity contribution in [2.75, 3.05) is 25.4 Å². The van der Waals surface area contributed by atoms with Gasteiger partial charge in [-0.2, -0.15) is 0 Å². The molecule has 0 saturated carbocycles. The van der Waals surface area contributed by atoms with Crippen LogP contribution >= 0.6 is 35.0 Å². The maximum atomic E-state index is 12.5. The highest BCUT2D eigenvalue weighted by molar-refractivity contribution is 7.99. The third-order valence-electron chi connectivity index (χ3n) is 4.53. The van der Waals surface area contributed by atoms with Gasteiger partial charge < -0.3 is 5.32 Å². The minimum absolute atomic E-state index is 0.00392. The molecule has 0 unspecified atom stereocenters. The van der Waals surface area contributed by atoms with Gasteiger partial charge in [0.05, 0.1) is 5.92 Å². The van der Waals surface area contributed by atoms with Gasteiger partial charge in [0.15, 0.2) is 0 Å². The average molecular weight is 428 g/mol. The summed E-state index contributed by atoms with van der Waals surface area (Å²) in [5, 5.41) is 12.0. The zero-order valence-electron chi connectivity index (χ0n) is 15.2. The molecule has 2 aromatic rings. The number of carbonyl (C=O) groups is 1. The predicted molar refractivity (Wildman–Crippen MR) is 109 cm³/mol. The SMILES string of the molecule is Cc1nc(SCCNC(=O)[C@H]2CCCN(Cc3c(Cl)cccc3Cl)C2)n[nH]1. The van der Waals surface area contributed by atoms with Gasteiger partial charge in [-0.25, -0.2) is 4.98 Å². The van der Waals surface area contributed by atoms with Crippen LogP contribution in [0.3, 0.4) is 0 Å². The predicted octanol–water partition coefficient (Wildman–Crippen LogP) is 3.54. The molecule has 146 valence electrons. The Labute approximate surface area is 173 Å². The molecule has 1 aromatic carbocycles. The van der Waals surface area contributed by atoms with E-state index < -0.39 is 0 Å². The van der Waals surface area contributed by atoms with Crippen LogP contribution in [0.4, 0.5) is 0 Å². The van der Waals surface area contributed by atoms with Crippen LogP contribution in [0.5, 0.6) is 0 Å². The lowest BCUT2D eigenvalue weighted by atomic mass is 9.96. The molecule has 0 bridgehead atoms. The summed E-state index contributed by atoms with van der Waals surface area (Å²) in [5.41, 5.74) is 0.931. The minimum atomic E-state index is -0.00392. The van der Waals surface area contributed by atoms with Crippen molar-refractivity contribution < 1.29 is 4.79 Å². The largest absolute Gasteiger partial charge is 0.355 e. The second kappa shape index (κ2) is 9.78. The smallest absolute Gasteiger partial charge is 0.224 e. The molecule has 1 atom stereocenters. The molecule has 1 amide bonds. The second-order valence-corrected chi connectivity index (χ2v) is 8.49. The maximum absolute atomic E-state index is 12.5. The van der Waals surface area contributed by atoms with E-state index in [0.717, 1.165) is 43.1 Å². The molecule has 27 heavy (non-hydrogen) atoms. The van der Waals surface area contributed by atoms with E-state index in [-0.39, 0.29) is 11.8 Å². The number of halogens is 2. The van der Waals surface area contributed by atoms with Crippen molar-refractivity contribution in [3.05, 3.63) is 39.6 Å². The number of piperidine rings is 1. The molecule has 1 aromatic heterocycles. The first-order chi connectivity index (χ1) is 13.0. The van der Waals surface area contributed by atoms with E-state index >= 15 is 0 Å². The molecule has 2 heterocycles. The Hall–Kier alpha value is -1.28. The fourth-order valence-corrected chi connectivity index (χ4v) is 4.38. The van der Waals surface area contributed by atoms with Crippen LogP contribution in [0.2, 0.25) is 10.0 Å². The molecule has 0 aliphatic carbocycles. The topological polar surface area (TPSA) is 73.9 Å². The van der Waals surface area contributed by atoms with Crippen molar-refractivity contribution in [2.45, 2.75) is 31.5 Å². The van der Waals surface area contributed by atoms with E-state index in [0.29, 0.717) is 28.3 Å². The Morgan fingerprint density at radius 3 is 2.89 bits per heavy atom. The van der Waals surface area contributed by atoms with Gasteiger partial charge in [0.1, 0.15) is 5.82 Å². The standard InChI is InChI=1S/C18H23Cl2N5OS/c1-12-22-18(24-23-12)27-9-7-21-17(26)13-4-3-8-25(10-13)11-14-15(19)5-2-6-16(14)20/h2,5-6,13H,3-4,7-11H2,1H3,(H,21,26)(H,22,23,24)/t13-/m0/s1. The number of nitrogens with zero attached hydrogens (tertiary/aromatic N) is 3. The van der Waals surface area contributed by atoms with Gasteiger partial charge in [0.25, 0.3) is 0 Å². The van der Waals surface area contributed by atoms with Crippen molar-refractivity contribution in [3.8, 4) is 0 Å². The fourth-order valence-electron chi connectivity index (χ4n) is 3.17. The number of hydrogen-bond donors (Lipinski definition) is 2. The Balaban J connectivity index is 1.45. The molecule has 2 N–H and O–H groups in total. The minimum Gasteiger partial charge on any atom is -0.355 e. The third-order valence-corrected chi connectivity index (χ3v) is 6.09. The average Bonchev–Trinajstić information content (AvgIpc) is 3.07. The Morgan fingerprint density at radius 1 is 1.41 bits per heavy atom. The van der Waals surface area contributed by atoms with Crippen molar-refractivity contribution >= 4 is 40.9 Å². The first kappa shape index (κ1) is 20.5. The molecule has 1 aliphatic rings. The van der Waals surface area contributed by atoms with Gasteiger partial charge in [-0.15, -0.1) is 5.10 Å². The quantitative estimate of drug-likeness (QED) is 0.521. The number of aryl methyl sites for hydroxylation is 1. The number of thioether (sulfide) groups is 1. The summed E-state index contributed by atoms with van der Waals surface area (Å²) in [7, 11) is 0. The molecule has 9 heteroatoms. The van der Waals surface area contributed by atoms with Gasteiger partial charge in [-0.1, -0.05) is 41.0 Å². The van der Waals surface area contributed by atoms with Gasteiger partial charge in [0, 0.05) is 41.0 Å². The first-order valence-electron chi connectivity index (χ1n) is 8.97. The highest BCUT2D eigenvalue weighted by atomic mass is 35.5. The van der Waals surface area contributed by atoms with Crippen molar-refractivity contribution in [2.24, 2.45) is 5.92 Å². The molecule has 0 radical (unpaired) electrons. The van der Waals surface area contributed by atoms with Gasteiger partial charge in [-0.05, 0) is 38.4 Å². The molecular formula is C18H23Cl2N5OS. The maximum Gasteiger partial charge on any atom is 0.224 e. The van der Waals surface area contributed by atoms with E-state index in [1.165, 1.54) is 11.8 Å². The van der Waals surface area contributed by atoms with E-state index in [9.17, 15) is 4.79 Å². The zero-order chi connectivity index (χ0) is 19.2. The molecule has 6 nitrogen and oxygen atoms in total. The van der Waals surface area contributed by atoms with E-state index in [2.05, 4.69) is 25.4 Å². The summed E-state index contributed by atoms with van der Waals surface area (Å²) >= 11 is 14.1. The van der Waals surface area contributed by atoms with Gasteiger partial charge >= 0.3 is 0 Å². The number of aromatic amines is 1. The van der Waals surface area contributed by atoms with Crippen LogP contribution < -0.4 is 5.32 Å². The lowest BCUT2D eigenvalue weighted by Crippen LogP contribution is -2.43. The number of likely N-dealkylation sites (tertiary alicyclic amines) is 1. The Kier molecular flexibility index (Phi) is 7.41. The van der Waals surface area contributed by atoms with Crippen LogP contribution in [0.25, 0.3) is 0 Å². The van der Waals surface area contributed by atoms with Crippen LogP contribution in [0.15, 0.2) is 23.4 Å².